The van der Waals surface area contributed by atoms with Gasteiger partial charge in [-0.15, -0.1) is 0 Å². The van der Waals surface area contributed by atoms with Gasteiger partial charge in [0.2, 0.25) is 5.91 Å². The van der Waals surface area contributed by atoms with E-state index in [9.17, 15) is 14.7 Å². The molecule has 0 aromatic heterocycles. The molecule has 17 heavy (non-hydrogen) atoms. The van der Waals surface area contributed by atoms with Crippen molar-refractivity contribution in [1.82, 2.24) is 5.32 Å². The molecule has 0 aliphatic heterocycles. The van der Waals surface area contributed by atoms with Crippen LogP contribution < -0.4 is 5.32 Å². The smallest absolute Gasteiger partial charge is 0.311 e. The molecule has 0 heterocycles. The van der Waals surface area contributed by atoms with Gasteiger partial charge in [0.1, 0.15) is 0 Å². The van der Waals surface area contributed by atoms with Crippen LogP contribution in [0.5, 0.6) is 0 Å². The second kappa shape index (κ2) is 7.30. The van der Waals surface area contributed by atoms with Crippen molar-refractivity contribution in [2.45, 2.75) is 53.4 Å². The topological polar surface area (TPSA) is 66.4 Å². The molecular weight excluding hydrogens is 218 g/mol. The highest BCUT2D eigenvalue weighted by molar-refractivity contribution is 5.79. The number of carboxylic acids is 1. The third-order valence-corrected chi connectivity index (χ3v) is 3.38. The van der Waals surface area contributed by atoms with E-state index in [1.807, 2.05) is 13.8 Å². The highest BCUT2D eigenvalue weighted by atomic mass is 16.4. The normalized spacial score (nSPS) is 11.6. The lowest BCUT2D eigenvalue weighted by Crippen LogP contribution is -2.42. The number of hydrogen-bond acceptors (Lipinski definition) is 2. The van der Waals surface area contributed by atoms with Gasteiger partial charge in [-0.25, -0.2) is 0 Å². The first-order valence-corrected chi connectivity index (χ1v) is 6.38. The number of carbonyl (C=O) groups is 2. The lowest BCUT2D eigenvalue weighted by atomic mass is 9.82. The minimum Gasteiger partial charge on any atom is -0.481 e. The molecule has 100 valence electrons. The van der Waals surface area contributed by atoms with E-state index < -0.39 is 11.4 Å². The molecule has 0 aromatic rings. The van der Waals surface area contributed by atoms with Gasteiger partial charge in [0.15, 0.2) is 0 Å². The first-order valence-electron chi connectivity index (χ1n) is 6.38. The number of nitrogens with one attached hydrogen (secondary N) is 1. The monoisotopic (exact) mass is 243 g/mol. The van der Waals surface area contributed by atoms with Crippen LogP contribution in [0.4, 0.5) is 0 Å². The third kappa shape index (κ3) is 5.20. The van der Waals surface area contributed by atoms with Crippen LogP contribution in [0.15, 0.2) is 0 Å². The van der Waals surface area contributed by atoms with Crippen molar-refractivity contribution in [3.8, 4) is 0 Å². The zero-order valence-electron chi connectivity index (χ0n) is 11.4. The van der Waals surface area contributed by atoms with E-state index in [0.29, 0.717) is 25.2 Å². The Morgan fingerprint density at radius 3 is 2.12 bits per heavy atom. The summed E-state index contributed by atoms with van der Waals surface area (Å²) in [5, 5.41) is 11.9. The van der Waals surface area contributed by atoms with Crippen molar-refractivity contribution in [3.63, 3.8) is 0 Å². The quantitative estimate of drug-likeness (QED) is 0.688. The summed E-state index contributed by atoms with van der Waals surface area (Å²) in [6.07, 6.45) is 2.37. The molecule has 0 saturated carbocycles. The molecule has 0 aromatic carbocycles. The van der Waals surface area contributed by atoms with Crippen LogP contribution in [0.25, 0.3) is 0 Å². The molecule has 0 atom stereocenters. The van der Waals surface area contributed by atoms with Gasteiger partial charge in [0.25, 0.3) is 0 Å². The van der Waals surface area contributed by atoms with E-state index in [1.165, 1.54) is 0 Å². The SMILES string of the molecule is CCC(CC)(CNC(=O)CCC(C)C)C(=O)O. The Morgan fingerprint density at radius 1 is 1.24 bits per heavy atom. The van der Waals surface area contributed by atoms with E-state index in [2.05, 4.69) is 19.2 Å². The summed E-state index contributed by atoms with van der Waals surface area (Å²) < 4.78 is 0. The largest absolute Gasteiger partial charge is 0.481 e. The molecule has 0 unspecified atom stereocenters. The Labute approximate surface area is 104 Å². The van der Waals surface area contributed by atoms with E-state index in [4.69, 9.17) is 0 Å². The van der Waals surface area contributed by atoms with Crippen LogP contribution in [0.3, 0.4) is 0 Å². The van der Waals surface area contributed by atoms with Gasteiger partial charge in [-0.3, -0.25) is 9.59 Å². The summed E-state index contributed by atoms with van der Waals surface area (Å²) in [5.41, 5.74) is -0.812. The Balaban J connectivity index is 4.22. The van der Waals surface area contributed by atoms with Crippen LogP contribution in [-0.2, 0) is 9.59 Å². The summed E-state index contributed by atoms with van der Waals surface area (Å²) in [7, 11) is 0. The number of aliphatic carboxylic acids is 1. The van der Waals surface area contributed by atoms with Crippen LogP contribution in [0.1, 0.15) is 53.4 Å². The first kappa shape index (κ1) is 15.9. The number of amides is 1. The molecular formula is C13H25NO3. The third-order valence-electron chi connectivity index (χ3n) is 3.38. The molecule has 0 bridgehead atoms. The van der Waals surface area contributed by atoms with Gasteiger partial charge < -0.3 is 10.4 Å². The average molecular weight is 243 g/mol. The fraction of sp³-hybridized carbons (Fsp3) is 0.846. The minimum absolute atomic E-state index is 0.0498. The predicted octanol–water partition coefficient (Wildman–Crippen LogP) is 2.43. The Kier molecular flexibility index (Phi) is 6.85. The molecule has 4 nitrogen and oxygen atoms in total. The van der Waals surface area contributed by atoms with Gasteiger partial charge in [0, 0.05) is 13.0 Å². The average Bonchev–Trinajstić information content (AvgIpc) is 2.28. The van der Waals surface area contributed by atoms with Crippen molar-refractivity contribution >= 4 is 11.9 Å². The first-order chi connectivity index (χ1) is 7.88. The van der Waals surface area contributed by atoms with E-state index in [-0.39, 0.29) is 12.5 Å². The highest BCUT2D eigenvalue weighted by Gasteiger charge is 2.34. The van der Waals surface area contributed by atoms with Crippen molar-refractivity contribution in [2.24, 2.45) is 11.3 Å². The highest BCUT2D eigenvalue weighted by Crippen LogP contribution is 2.25. The fourth-order valence-electron chi connectivity index (χ4n) is 1.65. The van der Waals surface area contributed by atoms with Crippen molar-refractivity contribution in [3.05, 3.63) is 0 Å². The van der Waals surface area contributed by atoms with Gasteiger partial charge >= 0.3 is 5.97 Å². The molecule has 1 amide bonds. The Bertz CT molecular complexity index is 257. The molecule has 0 aliphatic carbocycles. The number of rotatable bonds is 8. The maximum atomic E-state index is 11.5. The van der Waals surface area contributed by atoms with Crippen molar-refractivity contribution in [2.75, 3.05) is 6.54 Å². The number of hydrogen-bond donors (Lipinski definition) is 2. The number of carbonyl (C=O) groups excluding carboxylic acids is 1. The molecule has 0 radical (unpaired) electrons. The summed E-state index contributed by atoms with van der Waals surface area (Å²) >= 11 is 0. The number of carboxylic acid groups (broad SMARTS) is 1. The second-order valence-electron chi connectivity index (χ2n) is 5.00. The zero-order chi connectivity index (χ0) is 13.5. The summed E-state index contributed by atoms with van der Waals surface area (Å²) in [4.78, 5) is 22.8. The van der Waals surface area contributed by atoms with Crippen LogP contribution in [-0.4, -0.2) is 23.5 Å². The Hall–Kier alpha value is -1.06. The van der Waals surface area contributed by atoms with Gasteiger partial charge in [-0.05, 0) is 25.2 Å². The molecule has 0 spiro atoms. The molecule has 4 heteroatoms. The van der Waals surface area contributed by atoms with Crippen LogP contribution in [0, 0.1) is 11.3 Å². The van der Waals surface area contributed by atoms with E-state index in [0.717, 1.165) is 6.42 Å². The van der Waals surface area contributed by atoms with Crippen molar-refractivity contribution in [1.29, 1.82) is 0 Å². The van der Waals surface area contributed by atoms with Crippen LogP contribution >= 0.6 is 0 Å². The summed E-state index contributed by atoms with van der Waals surface area (Å²) in [6.45, 7) is 8.04. The fourth-order valence-corrected chi connectivity index (χ4v) is 1.65. The Morgan fingerprint density at radius 2 is 1.76 bits per heavy atom. The van der Waals surface area contributed by atoms with Gasteiger partial charge in [-0.1, -0.05) is 27.7 Å². The summed E-state index contributed by atoms with van der Waals surface area (Å²) in [5.74, 6) is -0.389. The molecule has 2 N–H and O–H groups in total. The lowest BCUT2D eigenvalue weighted by molar-refractivity contribution is -0.149. The predicted molar refractivity (Wildman–Crippen MR) is 67.7 cm³/mol. The zero-order valence-corrected chi connectivity index (χ0v) is 11.4. The van der Waals surface area contributed by atoms with Gasteiger partial charge in [0.05, 0.1) is 5.41 Å². The maximum Gasteiger partial charge on any atom is 0.311 e. The van der Waals surface area contributed by atoms with E-state index in [1.54, 1.807) is 0 Å². The minimum atomic E-state index is -0.827. The lowest BCUT2D eigenvalue weighted by Gasteiger charge is -2.26. The molecule has 0 aliphatic rings. The van der Waals surface area contributed by atoms with Crippen molar-refractivity contribution < 1.29 is 14.7 Å². The second-order valence-corrected chi connectivity index (χ2v) is 5.00. The van der Waals surface area contributed by atoms with Gasteiger partial charge in [-0.2, -0.15) is 0 Å². The molecule has 0 rings (SSSR count). The molecule has 0 fully saturated rings. The maximum absolute atomic E-state index is 11.5. The standard InChI is InChI=1S/C13H25NO3/c1-5-13(6-2,12(16)17)9-14-11(15)8-7-10(3)4/h10H,5-9H2,1-4H3,(H,14,15)(H,16,17). The summed E-state index contributed by atoms with van der Waals surface area (Å²) in [6, 6.07) is 0. The van der Waals surface area contributed by atoms with Crippen LogP contribution in [0.2, 0.25) is 0 Å². The van der Waals surface area contributed by atoms with E-state index >= 15 is 0 Å². The molecule has 0 saturated heterocycles.